The van der Waals surface area contributed by atoms with Crippen molar-refractivity contribution in [1.29, 1.82) is 0 Å². The van der Waals surface area contributed by atoms with Crippen molar-refractivity contribution in [2.45, 2.75) is 38.6 Å². The van der Waals surface area contributed by atoms with E-state index < -0.39 is 0 Å². The summed E-state index contributed by atoms with van der Waals surface area (Å²) in [5, 5.41) is 4.98. The fraction of sp³-hybridized carbons (Fsp3) is 0.471. The van der Waals surface area contributed by atoms with Crippen molar-refractivity contribution in [3.05, 3.63) is 40.0 Å². The minimum Gasteiger partial charge on any atom is -0.372 e. The number of rotatable bonds is 4. The van der Waals surface area contributed by atoms with Crippen LogP contribution in [0.2, 0.25) is 0 Å². The van der Waals surface area contributed by atoms with Gasteiger partial charge < -0.3 is 10.2 Å². The van der Waals surface area contributed by atoms with Gasteiger partial charge in [-0.05, 0) is 24.8 Å². The molecule has 0 spiro atoms. The Morgan fingerprint density at radius 2 is 2.26 bits per heavy atom. The van der Waals surface area contributed by atoms with Crippen LogP contribution in [-0.2, 0) is 0 Å². The topological polar surface area (TPSA) is 58.1 Å². The van der Waals surface area contributed by atoms with Gasteiger partial charge in [-0.3, -0.25) is 9.78 Å². The monoisotopic (exact) mass is 330 g/mol. The summed E-state index contributed by atoms with van der Waals surface area (Å²) in [4.78, 5) is 24.9. The quantitative estimate of drug-likeness (QED) is 0.929. The molecular formula is C17H22N4OS. The largest absolute Gasteiger partial charge is 0.372 e. The van der Waals surface area contributed by atoms with Crippen LogP contribution in [-0.4, -0.2) is 34.4 Å². The molecular weight excluding hydrogens is 308 g/mol. The van der Waals surface area contributed by atoms with Gasteiger partial charge >= 0.3 is 0 Å². The van der Waals surface area contributed by atoms with Gasteiger partial charge in [0.25, 0.3) is 5.91 Å². The summed E-state index contributed by atoms with van der Waals surface area (Å²) in [5.41, 5.74) is 1.66. The first-order valence-electron chi connectivity index (χ1n) is 7.99. The van der Waals surface area contributed by atoms with Gasteiger partial charge in [0, 0.05) is 23.8 Å². The Morgan fingerprint density at radius 1 is 1.43 bits per heavy atom. The Hall–Kier alpha value is -1.95. The zero-order valence-electron chi connectivity index (χ0n) is 13.7. The number of carbonyl (C=O) groups is 1. The van der Waals surface area contributed by atoms with Gasteiger partial charge in [-0.15, -0.1) is 11.3 Å². The van der Waals surface area contributed by atoms with Crippen LogP contribution < -0.4 is 5.32 Å². The van der Waals surface area contributed by atoms with Gasteiger partial charge in [0.2, 0.25) is 0 Å². The van der Waals surface area contributed by atoms with E-state index in [-0.39, 0.29) is 11.9 Å². The van der Waals surface area contributed by atoms with Crippen molar-refractivity contribution in [3.8, 4) is 0 Å². The Bertz CT molecular complexity index is 697. The molecule has 6 heteroatoms. The van der Waals surface area contributed by atoms with Gasteiger partial charge in [-0.25, -0.2) is 4.98 Å². The van der Waals surface area contributed by atoms with Crippen LogP contribution in [0.3, 0.4) is 0 Å². The fourth-order valence-electron chi connectivity index (χ4n) is 2.91. The van der Waals surface area contributed by atoms with Crippen molar-refractivity contribution in [2.24, 2.45) is 0 Å². The standard InChI is InChI=1S/C17H22N4OS/c1-11(2)15-7-12(10-23-15)17(22)21-6-4-5-14(21)13-8-19-9-16(18-3)20-13/h7-11,14H,4-6H2,1-3H3,(H,18,20). The van der Waals surface area contributed by atoms with E-state index in [0.29, 0.717) is 5.92 Å². The smallest absolute Gasteiger partial charge is 0.255 e. The average Bonchev–Trinajstić information content (AvgIpc) is 3.23. The maximum atomic E-state index is 12.9. The third kappa shape index (κ3) is 3.22. The van der Waals surface area contributed by atoms with E-state index >= 15 is 0 Å². The molecule has 0 radical (unpaired) electrons. The highest BCUT2D eigenvalue weighted by atomic mass is 32.1. The maximum absolute atomic E-state index is 12.9. The van der Waals surface area contributed by atoms with Crippen molar-refractivity contribution in [3.63, 3.8) is 0 Å². The van der Waals surface area contributed by atoms with Crippen LogP contribution in [0.5, 0.6) is 0 Å². The van der Waals surface area contributed by atoms with Gasteiger partial charge in [0.05, 0.1) is 29.7 Å². The Morgan fingerprint density at radius 3 is 2.96 bits per heavy atom. The fourth-order valence-corrected chi connectivity index (χ4v) is 3.81. The van der Waals surface area contributed by atoms with E-state index in [9.17, 15) is 4.79 Å². The third-order valence-electron chi connectivity index (χ3n) is 4.20. The first-order chi connectivity index (χ1) is 11.1. The lowest BCUT2D eigenvalue weighted by Gasteiger charge is -2.24. The molecule has 1 fully saturated rings. The number of nitrogens with one attached hydrogen (secondary N) is 1. The summed E-state index contributed by atoms with van der Waals surface area (Å²) in [6.45, 7) is 5.08. The molecule has 23 heavy (non-hydrogen) atoms. The maximum Gasteiger partial charge on any atom is 0.255 e. The number of hydrogen-bond donors (Lipinski definition) is 1. The highest BCUT2D eigenvalue weighted by Crippen LogP contribution is 2.33. The molecule has 0 aliphatic carbocycles. The minimum absolute atomic E-state index is 0.0192. The molecule has 1 amide bonds. The van der Waals surface area contributed by atoms with Gasteiger partial charge in [0.1, 0.15) is 5.82 Å². The molecule has 2 aromatic heterocycles. The third-order valence-corrected chi connectivity index (χ3v) is 5.43. The summed E-state index contributed by atoms with van der Waals surface area (Å²) >= 11 is 1.66. The lowest BCUT2D eigenvalue weighted by molar-refractivity contribution is 0.0733. The zero-order chi connectivity index (χ0) is 16.4. The molecule has 5 nitrogen and oxygen atoms in total. The Balaban J connectivity index is 1.84. The van der Waals surface area contributed by atoms with Crippen LogP contribution in [0.25, 0.3) is 0 Å². The summed E-state index contributed by atoms with van der Waals surface area (Å²) < 4.78 is 0. The van der Waals surface area contributed by atoms with E-state index in [1.165, 1.54) is 4.88 Å². The number of amides is 1. The minimum atomic E-state index is 0.0192. The lowest BCUT2D eigenvalue weighted by Crippen LogP contribution is -2.30. The predicted molar refractivity (Wildman–Crippen MR) is 93.0 cm³/mol. The SMILES string of the molecule is CNc1cncc(C2CCCN2C(=O)c2csc(C(C)C)c2)n1. The zero-order valence-corrected chi connectivity index (χ0v) is 14.6. The van der Waals surface area contributed by atoms with Crippen molar-refractivity contribution in [2.75, 3.05) is 18.9 Å². The number of nitrogens with zero attached hydrogens (tertiary/aromatic N) is 3. The number of likely N-dealkylation sites (tertiary alicyclic amines) is 1. The molecule has 1 atom stereocenters. The molecule has 1 N–H and O–H groups in total. The second-order valence-electron chi connectivity index (χ2n) is 6.13. The molecule has 1 unspecified atom stereocenters. The average molecular weight is 330 g/mol. The second-order valence-corrected chi connectivity index (χ2v) is 7.07. The Kier molecular flexibility index (Phi) is 4.61. The van der Waals surface area contributed by atoms with Crippen LogP contribution in [0, 0.1) is 0 Å². The molecule has 3 heterocycles. The predicted octanol–water partition coefficient (Wildman–Crippen LogP) is 3.68. The molecule has 1 saturated heterocycles. The summed E-state index contributed by atoms with van der Waals surface area (Å²) in [6, 6.07) is 2.05. The lowest BCUT2D eigenvalue weighted by atomic mass is 10.1. The van der Waals surface area contributed by atoms with Crippen LogP contribution in [0.4, 0.5) is 5.82 Å². The second kappa shape index (κ2) is 6.66. The molecule has 1 aliphatic heterocycles. The summed E-state index contributed by atoms with van der Waals surface area (Å²) in [7, 11) is 1.82. The van der Waals surface area contributed by atoms with Gasteiger partial charge in [-0.2, -0.15) is 0 Å². The molecule has 2 aromatic rings. The molecule has 0 bridgehead atoms. The van der Waals surface area contributed by atoms with Crippen LogP contribution in [0.15, 0.2) is 23.8 Å². The van der Waals surface area contributed by atoms with E-state index in [0.717, 1.165) is 36.5 Å². The van der Waals surface area contributed by atoms with Crippen molar-refractivity contribution < 1.29 is 4.79 Å². The normalized spacial score (nSPS) is 17.7. The van der Waals surface area contributed by atoms with E-state index in [1.54, 1.807) is 23.7 Å². The highest BCUT2D eigenvalue weighted by Gasteiger charge is 2.32. The molecule has 122 valence electrons. The van der Waals surface area contributed by atoms with E-state index in [2.05, 4.69) is 29.1 Å². The van der Waals surface area contributed by atoms with Gasteiger partial charge in [0.15, 0.2) is 0 Å². The first-order valence-corrected chi connectivity index (χ1v) is 8.87. The number of carbonyl (C=O) groups excluding carboxylic acids is 1. The highest BCUT2D eigenvalue weighted by molar-refractivity contribution is 7.10. The van der Waals surface area contributed by atoms with Crippen molar-refractivity contribution >= 4 is 23.1 Å². The molecule has 0 aromatic carbocycles. The van der Waals surface area contributed by atoms with Crippen molar-refractivity contribution in [1.82, 2.24) is 14.9 Å². The van der Waals surface area contributed by atoms with Gasteiger partial charge in [-0.1, -0.05) is 13.8 Å². The summed E-state index contributed by atoms with van der Waals surface area (Å²) in [6.07, 6.45) is 5.40. The summed E-state index contributed by atoms with van der Waals surface area (Å²) in [5.74, 6) is 1.29. The molecule has 3 rings (SSSR count). The number of thiophene rings is 1. The Labute approximate surface area is 140 Å². The van der Waals surface area contributed by atoms with E-state index in [1.807, 2.05) is 23.4 Å². The molecule has 1 aliphatic rings. The van der Waals surface area contributed by atoms with E-state index in [4.69, 9.17) is 0 Å². The van der Waals surface area contributed by atoms with Crippen LogP contribution in [0.1, 0.15) is 59.6 Å². The number of anilines is 1. The van der Waals surface area contributed by atoms with Crippen LogP contribution >= 0.6 is 11.3 Å². The number of aromatic nitrogens is 2. The first kappa shape index (κ1) is 15.9. The number of hydrogen-bond acceptors (Lipinski definition) is 5. The molecule has 0 saturated carbocycles.